The number of carboxylic acids is 1. The van der Waals surface area contributed by atoms with Crippen molar-refractivity contribution in [2.75, 3.05) is 7.11 Å². The van der Waals surface area contributed by atoms with Crippen molar-refractivity contribution in [2.45, 2.75) is 13.8 Å². The number of aromatic amines is 1. The number of H-pyrrole nitrogens is 1. The van der Waals surface area contributed by atoms with Crippen molar-refractivity contribution >= 4 is 5.97 Å². The van der Waals surface area contributed by atoms with Crippen LogP contribution in [0.3, 0.4) is 0 Å². The van der Waals surface area contributed by atoms with E-state index in [1.165, 1.54) is 6.07 Å². The van der Waals surface area contributed by atoms with Crippen LogP contribution >= 0.6 is 0 Å². The van der Waals surface area contributed by atoms with Gasteiger partial charge in [0.2, 0.25) is 0 Å². The molecule has 18 heavy (non-hydrogen) atoms. The zero-order valence-corrected chi connectivity index (χ0v) is 10.4. The van der Waals surface area contributed by atoms with Gasteiger partial charge in [0.1, 0.15) is 11.4 Å². The van der Waals surface area contributed by atoms with Gasteiger partial charge in [0, 0.05) is 5.56 Å². The van der Waals surface area contributed by atoms with Crippen LogP contribution in [-0.4, -0.2) is 28.4 Å². The van der Waals surface area contributed by atoms with Crippen LogP contribution in [0.4, 0.5) is 0 Å². The molecule has 1 aromatic carbocycles. The Kier molecular flexibility index (Phi) is 3.06. The zero-order valence-electron chi connectivity index (χ0n) is 10.4. The third-order valence-corrected chi connectivity index (χ3v) is 2.83. The van der Waals surface area contributed by atoms with Crippen molar-refractivity contribution in [1.82, 2.24) is 10.2 Å². The topological polar surface area (TPSA) is 75.2 Å². The highest BCUT2D eigenvalue weighted by Gasteiger charge is 2.16. The molecular formula is C13H14N2O3. The summed E-state index contributed by atoms with van der Waals surface area (Å²) in [6.45, 7) is 3.87. The van der Waals surface area contributed by atoms with E-state index < -0.39 is 5.97 Å². The Balaban J connectivity index is 2.62. The molecule has 2 aromatic rings. The van der Waals surface area contributed by atoms with E-state index in [0.29, 0.717) is 5.69 Å². The zero-order chi connectivity index (χ0) is 13.3. The van der Waals surface area contributed by atoms with Gasteiger partial charge in [-0.15, -0.1) is 0 Å². The van der Waals surface area contributed by atoms with Gasteiger partial charge in [-0.1, -0.05) is 12.1 Å². The summed E-state index contributed by atoms with van der Waals surface area (Å²) in [5.41, 5.74) is 3.43. The third-order valence-electron chi connectivity index (χ3n) is 2.83. The maximum atomic E-state index is 10.8. The lowest BCUT2D eigenvalue weighted by Gasteiger charge is -2.12. The summed E-state index contributed by atoms with van der Waals surface area (Å²) in [7, 11) is 1.59. The van der Waals surface area contributed by atoms with Crippen molar-refractivity contribution < 1.29 is 14.6 Å². The average Bonchev–Trinajstić information content (AvgIpc) is 2.81. The van der Waals surface area contributed by atoms with Crippen LogP contribution < -0.4 is 4.74 Å². The molecule has 0 spiro atoms. The van der Waals surface area contributed by atoms with Gasteiger partial charge in [-0.25, -0.2) is 4.79 Å². The Labute approximate surface area is 104 Å². The summed E-state index contributed by atoms with van der Waals surface area (Å²) in [5, 5.41) is 15.4. The number of aromatic nitrogens is 2. The normalized spacial score (nSPS) is 10.4. The SMILES string of the molecule is COc1c(C)ccc(C)c1-c1cc(C(=O)O)[nH]n1. The Morgan fingerprint density at radius 3 is 2.56 bits per heavy atom. The minimum absolute atomic E-state index is 0.0629. The van der Waals surface area contributed by atoms with Crippen LogP contribution in [0.5, 0.6) is 5.75 Å². The van der Waals surface area contributed by atoms with Crippen molar-refractivity contribution in [1.29, 1.82) is 0 Å². The second-order valence-electron chi connectivity index (χ2n) is 4.08. The number of hydrogen-bond donors (Lipinski definition) is 2. The summed E-state index contributed by atoms with van der Waals surface area (Å²) < 4.78 is 5.38. The molecule has 2 N–H and O–H groups in total. The molecule has 94 valence electrons. The number of benzene rings is 1. The van der Waals surface area contributed by atoms with Gasteiger partial charge in [-0.2, -0.15) is 5.10 Å². The first kappa shape index (κ1) is 12.2. The van der Waals surface area contributed by atoms with Gasteiger partial charge in [-0.05, 0) is 31.0 Å². The fourth-order valence-corrected chi connectivity index (χ4v) is 1.93. The number of hydrogen-bond acceptors (Lipinski definition) is 3. The molecule has 0 radical (unpaired) electrons. The number of carbonyl (C=O) groups is 1. The van der Waals surface area contributed by atoms with E-state index in [9.17, 15) is 4.79 Å². The van der Waals surface area contributed by atoms with Crippen molar-refractivity contribution in [3.8, 4) is 17.0 Å². The van der Waals surface area contributed by atoms with E-state index in [4.69, 9.17) is 9.84 Å². The fraction of sp³-hybridized carbons (Fsp3) is 0.231. The standard InChI is InChI=1S/C13H14N2O3/c1-7-4-5-8(2)12(18-3)11(7)9-6-10(13(16)17)15-14-9/h4-6H,1-3H3,(H,14,15)(H,16,17). The molecule has 0 fully saturated rings. The second-order valence-corrected chi connectivity index (χ2v) is 4.08. The summed E-state index contributed by atoms with van der Waals surface area (Å²) >= 11 is 0. The number of rotatable bonds is 3. The molecule has 2 rings (SSSR count). The van der Waals surface area contributed by atoms with E-state index in [2.05, 4.69) is 10.2 Å². The second kappa shape index (κ2) is 4.52. The van der Waals surface area contributed by atoms with Gasteiger partial charge in [0.15, 0.2) is 0 Å². The maximum absolute atomic E-state index is 10.8. The fourth-order valence-electron chi connectivity index (χ4n) is 1.93. The van der Waals surface area contributed by atoms with E-state index in [1.807, 2.05) is 26.0 Å². The van der Waals surface area contributed by atoms with Gasteiger partial charge < -0.3 is 9.84 Å². The smallest absolute Gasteiger partial charge is 0.353 e. The van der Waals surface area contributed by atoms with Crippen LogP contribution in [0.1, 0.15) is 21.6 Å². The molecule has 5 heteroatoms. The Bertz CT molecular complexity index is 602. The minimum Gasteiger partial charge on any atom is -0.496 e. The first-order chi connectivity index (χ1) is 8.54. The molecule has 0 amide bonds. The van der Waals surface area contributed by atoms with Crippen LogP contribution in [0.15, 0.2) is 18.2 Å². The Morgan fingerprint density at radius 2 is 2.00 bits per heavy atom. The lowest BCUT2D eigenvalue weighted by Crippen LogP contribution is -1.95. The van der Waals surface area contributed by atoms with Crippen molar-refractivity contribution in [3.05, 3.63) is 35.0 Å². The van der Waals surface area contributed by atoms with E-state index >= 15 is 0 Å². The highest BCUT2D eigenvalue weighted by Crippen LogP contribution is 2.34. The summed E-state index contributed by atoms with van der Waals surface area (Å²) in [4.78, 5) is 10.8. The van der Waals surface area contributed by atoms with Gasteiger partial charge >= 0.3 is 5.97 Å². The largest absolute Gasteiger partial charge is 0.496 e. The molecule has 1 aromatic heterocycles. The van der Waals surface area contributed by atoms with Crippen LogP contribution in [0.25, 0.3) is 11.3 Å². The maximum Gasteiger partial charge on any atom is 0.353 e. The summed E-state index contributed by atoms with van der Waals surface area (Å²) in [6.07, 6.45) is 0. The van der Waals surface area contributed by atoms with Gasteiger partial charge in [0.25, 0.3) is 0 Å². The number of nitrogens with one attached hydrogen (secondary N) is 1. The highest BCUT2D eigenvalue weighted by molar-refractivity contribution is 5.87. The lowest BCUT2D eigenvalue weighted by molar-refractivity contribution is 0.0690. The highest BCUT2D eigenvalue weighted by atomic mass is 16.5. The van der Waals surface area contributed by atoms with Crippen LogP contribution in [-0.2, 0) is 0 Å². The number of methoxy groups -OCH3 is 1. The first-order valence-corrected chi connectivity index (χ1v) is 5.48. The number of aromatic carboxylic acids is 1. The predicted octanol–water partition coefficient (Wildman–Crippen LogP) is 2.40. The Hall–Kier alpha value is -2.30. The Morgan fingerprint density at radius 1 is 1.33 bits per heavy atom. The van der Waals surface area contributed by atoms with E-state index in [-0.39, 0.29) is 5.69 Å². The van der Waals surface area contributed by atoms with Crippen LogP contribution in [0.2, 0.25) is 0 Å². The molecule has 0 aliphatic heterocycles. The molecule has 0 saturated carbocycles. The molecule has 0 bridgehead atoms. The number of carboxylic acid groups (broad SMARTS) is 1. The molecule has 0 saturated heterocycles. The molecule has 1 heterocycles. The molecule has 0 aliphatic rings. The van der Waals surface area contributed by atoms with Crippen LogP contribution in [0, 0.1) is 13.8 Å². The molecule has 0 atom stereocenters. The average molecular weight is 246 g/mol. The lowest BCUT2D eigenvalue weighted by atomic mass is 10.0. The van der Waals surface area contributed by atoms with Gasteiger partial charge in [-0.3, -0.25) is 5.10 Å². The summed E-state index contributed by atoms with van der Waals surface area (Å²) in [6, 6.07) is 5.43. The molecule has 0 unspecified atom stereocenters. The third kappa shape index (κ3) is 1.95. The van der Waals surface area contributed by atoms with Gasteiger partial charge in [0.05, 0.1) is 12.8 Å². The quantitative estimate of drug-likeness (QED) is 0.872. The van der Waals surface area contributed by atoms with Crippen molar-refractivity contribution in [3.63, 3.8) is 0 Å². The summed E-state index contributed by atoms with van der Waals surface area (Å²) in [5.74, 6) is -0.309. The van der Waals surface area contributed by atoms with Crippen molar-refractivity contribution in [2.24, 2.45) is 0 Å². The molecule has 0 aliphatic carbocycles. The number of nitrogens with zero attached hydrogens (tertiary/aromatic N) is 1. The number of ether oxygens (including phenoxy) is 1. The number of aryl methyl sites for hydroxylation is 2. The van der Waals surface area contributed by atoms with E-state index in [1.54, 1.807) is 7.11 Å². The minimum atomic E-state index is -1.03. The predicted molar refractivity (Wildman–Crippen MR) is 67.0 cm³/mol. The monoisotopic (exact) mass is 246 g/mol. The first-order valence-electron chi connectivity index (χ1n) is 5.48. The molecular weight excluding hydrogens is 232 g/mol. The molecule has 5 nitrogen and oxygen atoms in total. The van der Waals surface area contributed by atoms with E-state index in [0.717, 1.165) is 22.4 Å².